The molecule has 0 radical (unpaired) electrons. The lowest BCUT2D eigenvalue weighted by Crippen LogP contribution is -2.50. The Balaban J connectivity index is 1.83. The van der Waals surface area contributed by atoms with Gasteiger partial charge in [-0.1, -0.05) is 42.3 Å². The lowest BCUT2D eigenvalue weighted by Gasteiger charge is -2.38. The van der Waals surface area contributed by atoms with E-state index in [9.17, 15) is 24.6 Å². The van der Waals surface area contributed by atoms with Crippen molar-refractivity contribution in [3.63, 3.8) is 0 Å². The van der Waals surface area contributed by atoms with Gasteiger partial charge < -0.3 is 20.8 Å². The van der Waals surface area contributed by atoms with Crippen LogP contribution in [-0.4, -0.2) is 61.0 Å². The summed E-state index contributed by atoms with van der Waals surface area (Å²) < 4.78 is 2.86. The first-order valence-corrected chi connectivity index (χ1v) is 17.9. The standard InChI is InChI=1S/C41H38Cl2N4O6/c1-5-17-45(6-2)40(53)41(22-35(44)50,36-23(3)46(33-15-13-29(48)20-31(33)36)38(51)25-9-7-11-27(42)18-25)37-24(4)47(34-16-14-30(49)21-32(34)37)39(52)26-10-8-12-28(43)19-26/h7-16,18-21,48-49H,5-6,17,22H2,1-4H3,(H2,44,50). The highest BCUT2D eigenvalue weighted by atomic mass is 35.5. The molecule has 10 nitrogen and oxygen atoms in total. The van der Waals surface area contributed by atoms with Gasteiger partial charge in [0.15, 0.2) is 0 Å². The third kappa shape index (κ3) is 6.32. The Bertz CT molecular complexity index is 2320. The molecule has 0 spiro atoms. The van der Waals surface area contributed by atoms with Crippen LogP contribution in [0.3, 0.4) is 0 Å². The molecule has 0 saturated carbocycles. The van der Waals surface area contributed by atoms with Gasteiger partial charge in [-0.3, -0.25) is 28.3 Å². The molecule has 0 unspecified atom stereocenters. The maximum Gasteiger partial charge on any atom is 0.262 e. The van der Waals surface area contributed by atoms with E-state index in [0.29, 0.717) is 56.2 Å². The van der Waals surface area contributed by atoms with Crippen LogP contribution in [0.2, 0.25) is 10.0 Å². The predicted octanol–water partition coefficient (Wildman–Crippen LogP) is 7.73. The summed E-state index contributed by atoms with van der Waals surface area (Å²) in [4.78, 5) is 59.7. The molecule has 0 fully saturated rings. The number of hydrogen-bond donors (Lipinski definition) is 3. The van der Waals surface area contributed by atoms with Crippen LogP contribution in [-0.2, 0) is 15.0 Å². The zero-order valence-corrected chi connectivity index (χ0v) is 31.1. The average molecular weight is 754 g/mol. The van der Waals surface area contributed by atoms with E-state index in [0.717, 1.165) is 0 Å². The minimum Gasteiger partial charge on any atom is -0.508 e. The van der Waals surface area contributed by atoms with Crippen LogP contribution >= 0.6 is 23.2 Å². The van der Waals surface area contributed by atoms with Crippen molar-refractivity contribution in [3.8, 4) is 11.5 Å². The number of phenolic OH excluding ortho intramolecular Hbond substituents is 2. The number of nitrogens with two attached hydrogens (primary N) is 1. The van der Waals surface area contributed by atoms with E-state index in [1.165, 1.54) is 45.5 Å². The number of likely N-dealkylation sites (N-methyl/N-ethyl adjacent to an activating group) is 1. The lowest BCUT2D eigenvalue weighted by molar-refractivity contribution is -0.138. The number of aromatic hydroxyl groups is 2. The number of carbonyl (C=O) groups excluding carboxylic acids is 4. The van der Waals surface area contributed by atoms with Gasteiger partial charge in [0.2, 0.25) is 11.8 Å². The van der Waals surface area contributed by atoms with Gasteiger partial charge in [-0.15, -0.1) is 0 Å². The normalized spacial score (nSPS) is 11.7. The largest absolute Gasteiger partial charge is 0.508 e. The molecule has 6 rings (SSSR count). The molecule has 0 aliphatic rings. The van der Waals surface area contributed by atoms with Crippen LogP contribution in [0.15, 0.2) is 84.9 Å². The zero-order valence-electron chi connectivity index (χ0n) is 29.6. The van der Waals surface area contributed by atoms with Gasteiger partial charge in [-0.25, -0.2) is 0 Å². The Labute approximate surface area is 315 Å². The molecular formula is C41H38Cl2N4O6. The highest BCUT2D eigenvalue weighted by Crippen LogP contribution is 2.50. The third-order valence-corrected chi connectivity index (χ3v) is 10.2. The molecule has 2 aromatic heterocycles. The fourth-order valence-corrected chi connectivity index (χ4v) is 8.09. The van der Waals surface area contributed by atoms with E-state index < -0.39 is 35.5 Å². The zero-order chi connectivity index (χ0) is 38.4. The highest BCUT2D eigenvalue weighted by Gasteiger charge is 2.52. The van der Waals surface area contributed by atoms with Crippen molar-refractivity contribution in [2.24, 2.45) is 5.73 Å². The maximum atomic E-state index is 15.6. The number of rotatable bonds is 10. The van der Waals surface area contributed by atoms with Crippen LogP contribution < -0.4 is 5.73 Å². The molecule has 53 heavy (non-hydrogen) atoms. The van der Waals surface area contributed by atoms with Crippen molar-refractivity contribution in [3.05, 3.63) is 129 Å². The van der Waals surface area contributed by atoms with Crippen LogP contribution in [0.5, 0.6) is 11.5 Å². The minimum atomic E-state index is -2.00. The smallest absolute Gasteiger partial charge is 0.262 e. The fourth-order valence-electron chi connectivity index (χ4n) is 7.71. The topological polar surface area (TPSA) is 148 Å². The van der Waals surface area contributed by atoms with Crippen molar-refractivity contribution >= 4 is 68.6 Å². The molecule has 4 aromatic carbocycles. The average Bonchev–Trinajstić information content (AvgIpc) is 3.57. The van der Waals surface area contributed by atoms with Gasteiger partial charge in [0.25, 0.3) is 11.8 Å². The molecule has 0 aliphatic carbocycles. The summed E-state index contributed by atoms with van der Waals surface area (Å²) in [6.45, 7) is 7.63. The van der Waals surface area contributed by atoms with E-state index in [-0.39, 0.29) is 40.3 Å². The minimum absolute atomic E-state index is 0.152. The van der Waals surface area contributed by atoms with Crippen LogP contribution in [0, 0.1) is 13.8 Å². The first-order chi connectivity index (χ1) is 25.2. The van der Waals surface area contributed by atoms with E-state index in [1.54, 1.807) is 67.3 Å². The molecule has 0 bridgehead atoms. The Morgan fingerprint density at radius 2 is 1.17 bits per heavy atom. The monoisotopic (exact) mass is 752 g/mol. The molecular weight excluding hydrogens is 715 g/mol. The van der Waals surface area contributed by atoms with Gasteiger partial charge in [-0.05, 0) is 100.0 Å². The van der Waals surface area contributed by atoms with Gasteiger partial charge in [0.1, 0.15) is 16.9 Å². The van der Waals surface area contributed by atoms with E-state index in [1.807, 2.05) is 13.8 Å². The summed E-state index contributed by atoms with van der Waals surface area (Å²) in [6.07, 6.45) is -0.0101. The number of carbonyl (C=O) groups is 4. The Kier molecular flexibility index (Phi) is 10.1. The molecule has 4 N–H and O–H groups in total. The number of halogens is 2. The number of benzene rings is 4. The number of primary amides is 1. The number of fused-ring (bicyclic) bond motifs is 2. The lowest BCUT2D eigenvalue weighted by atomic mass is 9.68. The summed E-state index contributed by atoms with van der Waals surface area (Å²) in [5, 5.41) is 23.2. The Morgan fingerprint density at radius 3 is 1.55 bits per heavy atom. The second kappa shape index (κ2) is 14.4. The van der Waals surface area contributed by atoms with Crippen LogP contribution in [0.1, 0.15) is 69.9 Å². The molecule has 0 aliphatic heterocycles. The first-order valence-electron chi connectivity index (χ1n) is 17.1. The van der Waals surface area contributed by atoms with Gasteiger partial charge in [-0.2, -0.15) is 0 Å². The summed E-state index contributed by atoms with van der Waals surface area (Å²) in [7, 11) is 0. The Hall–Kier alpha value is -5.58. The van der Waals surface area contributed by atoms with Gasteiger partial charge in [0, 0.05) is 74.0 Å². The summed E-state index contributed by atoms with van der Waals surface area (Å²) >= 11 is 12.6. The van der Waals surface area contributed by atoms with Crippen molar-refractivity contribution in [2.75, 3.05) is 13.1 Å². The number of phenols is 2. The van der Waals surface area contributed by atoms with Crippen molar-refractivity contribution in [1.82, 2.24) is 14.0 Å². The van der Waals surface area contributed by atoms with Crippen molar-refractivity contribution in [1.29, 1.82) is 0 Å². The summed E-state index contributed by atoms with van der Waals surface area (Å²) in [5.74, 6) is -2.60. The predicted molar refractivity (Wildman–Crippen MR) is 206 cm³/mol. The molecule has 2 amide bonds. The van der Waals surface area contributed by atoms with E-state index in [4.69, 9.17) is 28.9 Å². The van der Waals surface area contributed by atoms with Crippen LogP contribution in [0.25, 0.3) is 21.8 Å². The summed E-state index contributed by atoms with van der Waals surface area (Å²) in [5.41, 5.74) is 6.38. The molecule has 0 atom stereocenters. The van der Waals surface area contributed by atoms with Gasteiger partial charge in [0.05, 0.1) is 11.0 Å². The van der Waals surface area contributed by atoms with E-state index in [2.05, 4.69) is 0 Å². The molecule has 272 valence electrons. The third-order valence-electron chi connectivity index (χ3n) is 9.74. The molecule has 0 saturated heterocycles. The Morgan fingerprint density at radius 1 is 0.717 bits per heavy atom. The molecule has 12 heteroatoms. The number of nitrogens with zero attached hydrogens (tertiary/aromatic N) is 3. The second-order valence-electron chi connectivity index (χ2n) is 13.1. The van der Waals surface area contributed by atoms with Crippen molar-refractivity contribution < 1.29 is 29.4 Å². The molecule has 2 heterocycles. The number of hydrogen-bond acceptors (Lipinski definition) is 6. The quantitative estimate of drug-likeness (QED) is 0.131. The highest BCUT2D eigenvalue weighted by molar-refractivity contribution is 6.31. The van der Waals surface area contributed by atoms with Crippen LogP contribution in [0.4, 0.5) is 0 Å². The maximum absolute atomic E-state index is 15.6. The SMILES string of the molecule is CCCN(CC)C(=O)C(CC(N)=O)(c1c(C)n(C(=O)c2cccc(Cl)c2)c2ccc(O)cc12)c1c(C)n(C(=O)c2cccc(Cl)c2)c2ccc(O)cc12. The number of aromatic nitrogens is 2. The number of amides is 2. The first kappa shape index (κ1) is 37.2. The van der Waals surface area contributed by atoms with Gasteiger partial charge >= 0.3 is 0 Å². The summed E-state index contributed by atoms with van der Waals surface area (Å²) in [6, 6.07) is 21.8. The van der Waals surface area contributed by atoms with Crippen molar-refractivity contribution in [2.45, 2.75) is 46.0 Å². The molecule has 6 aromatic rings. The van der Waals surface area contributed by atoms with E-state index >= 15 is 4.79 Å². The second-order valence-corrected chi connectivity index (χ2v) is 13.9. The fraction of sp³-hybridized carbons (Fsp3) is 0.220.